The standard InChI is InChI=1S/C27H20F2N8O2/c1-15(34-23-17(11-30)13-33-27(31)36-23)24-35-21-9-5-8-20(16-10-19(14-32-12-16)39-26(28)29)22(21)25(38)37(24)18-6-3-2-4-7-18/h2-10,12-15,26H,1H3,(H3,31,33,34,36)/t15-/m0/s1. The largest absolute Gasteiger partial charge is 0.433 e. The molecule has 0 aliphatic rings. The summed E-state index contributed by atoms with van der Waals surface area (Å²) < 4.78 is 31.6. The van der Waals surface area contributed by atoms with Crippen LogP contribution in [0.4, 0.5) is 20.5 Å². The number of hydrogen-bond donors (Lipinski definition) is 2. The van der Waals surface area contributed by atoms with E-state index in [1.54, 1.807) is 49.4 Å². The lowest BCUT2D eigenvalue weighted by Crippen LogP contribution is -2.28. The van der Waals surface area contributed by atoms with Crippen LogP contribution < -0.4 is 21.3 Å². The molecule has 0 fully saturated rings. The topological polar surface area (TPSA) is 145 Å². The Morgan fingerprint density at radius 1 is 1.08 bits per heavy atom. The first kappa shape index (κ1) is 25.2. The third kappa shape index (κ3) is 5.05. The number of halogens is 2. The number of aromatic nitrogens is 5. The molecule has 194 valence electrons. The highest BCUT2D eigenvalue weighted by Crippen LogP contribution is 2.30. The molecule has 10 nitrogen and oxygen atoms in total. The van der Waals surface area contributed by atoms with Crippen molar-refractivity contribution in [2.24, 2.45) is 0 Å². The average Bonchev–Trinajstić information content (AvgIpc) is 2.93. The number of anilines is 2. The van der Waals surface area contributed by atoms with Crippen molar-refractivity contribution in [3.63, 3.8) is 0 Å². The summed E-state index contributed by atoms with van der Waals surface area (Å²) >= 11 is 0. The zero-order chi connectivity index (χ0) is 27.5. The lowest BCUT2D eigenvalue weighted by molar-refractivity contribution is -0.0500. The van der Waals surface area contributed by atoms with Crippen molar-refractivity contribution in [1.82, 2.24) is 24.5 Å². The number of nitrogens with zero attached hydrogens (tertiary/aromatic N) is 6. The SMILES string of the molecule is C[C@H](Nc1nc(N)ncc1C#N)c1nc2cccc(-c3cncc(OC(F)F)c3)c2c(=O)n1-c1ccccc1. The maximum absolute atomic E-state index is 14.2. The van der Waals surface area contributed by atoms with Crippen molar-refractivity contribution in [1.29, 1.82) is 5.26 Å². The summed E-state index contributed by atoms with van der Waals surface area (Å²) in [6.45, 7) is -1.25. The molecule has 0 bridgehead atoms. The van der Waals surface area contributed by atoms with Crippen LogP contribution in [0.25, 0.3) is 27.7 Å². The summed E-state index contributed by atoms with van der Waals surface area (Å²) in [6.07, 6.45) is 3.93. The number of pyridine rings is 1. The summed E-state index contributed by atoms with van der Waals surface area (Å²) in [7, 11) is 0. The van der Waals surface area contributed by atoms with E-state index in [1.165, 1.54) is 29.2 Å². The molecule has 0 amide bonds. The van der Waals surface area contributed by atoms with Crippen LogP contribution in [0.1, 0.15) is 24.4 Å². The number of para-hydroxylation sites is 1. The Morgan fingerprint density at radius 3 is 2.62 bits per heavy atom. The van der Waals surface area contributed by atoms with Gasteiger partial charge in [-0.2, -0.15) is 19.0 Å². The van der Waals surface area contributed by atoms with Crippen LogP contribution in [0.15, 0.2) is 78.0 Å². The van der Waals surface area contributed by atoms with Gasteiger partial charge in [0.2, 0.25) is 5.95 Å². The van der Waals surface area contributed by atoms with E-state index in [9.17, 15) is 18.8 Å². The van der Waals surface area contributed by atoms with Crippen molar-refractivity contribution in [3.8, 4) is 28.6 Å². The molecule has 2 aromatic carbocycles. The fraction of sp³-hybridized carbons (Fsp3) is 0.111. The van der Waals surface area contributed by atoms with Gasteiger partial charge >= 0.3 is 6.61 Å². The quantitative estimate of drug-likeness (QED) is 0.314. The molecule has 1 atom stereocenters. The Hall–Kier alpha value is -5.44. The maximum atomic E-state index is 14.2. The smallest absolute Gasteiger partial charge is 0.387 e. The predicted molar refractivity (Wildman–Crippen MR) is 140 cm³/mol. The second kappa shape index (κ2) is 10.5. The maximum Gasteiger partial charge on any atom is 0.387 e. The van der Waals surface area contributed by atoms with Gasteiger partial charge in [0.05, 0.1) is 35.0 Å². The molecule has 39 heavy (non-hydrogen) atoms. The van der Waals surface area contributed by atoms with Gasteiger partial charge in [0.1, 0.15) is 29.0 Å². The first-order valence-electron chi connectivity index (χ1n) is 11.7. The molecule has 5 rings (SSSR count). The summed E-state index contributed by atoms with van der Waals surface area (Å²) in [5.74, 6) is 0.376. The lowest BCUT2D eigenvalue weighted by atomic mass is 10.0. The number of rotatable bonds is 7. The fourth-order valence-corrected chi connectivity index (χ4v) is 4.20. The van der Waals surface area contributed by atoms with Crippen LogP contribution in [0.2, 0.25) is 0 Å². The van der Waals surface area contributed by atoms with E-state index in [4.69, 9.17) is 10.7 Å². The van der Waals surface area contributed by atoms with Crippen LogP contribution in [0.3, 0.4) is 0 Å². The molecule has 3 aromatic heterocycles. The zero-order valence-corrected chi connectivity index (χ0v) is 20.4. The molecule has 3 N–H and O–H groups in total. The molecule has 3 heterocycles. The molecule has 12 heteroatoms. The highest BCUT2D eigenvalue weighted by molar-refractivity contribution is 5.94. The summed E-state index contributed by atoms with van der Waals surface area (Å²) in [4.78, 5) is 31.0. The van der Waals surface area contributed by atoms with Crippen molar-refractivity contribution in [2.45, 2.75) is 19.6 Å². The van der Waals surface area contributed by atoms with Crippen molar-refractivity contribution >= 4 is 22.7 Å². The molecule has 5 aromatic rings. The highest BCUT2D eigenvalue weighted by Gasteiger charge is 2.22. The van der Waals surface area contributed by atoms with E-state index in [2.05, 4.69) is 25.0 Å². The number of nitrogens with one attached hydrogen (secondary N) is 1. The molecule has 0 saturated heterocycles. The van der Waals surface area contributed by atoms with E-state index < -0.39 is 18.2 Å². The molecule has 0 aliphatic heterocycles. The number of benzene rings is 2. The zero-order valence-electron chi connectivity index (χ0n) is 20.4. The fourth-order valence-electron chi connectivity index (χ4n) is 4.20. The van der Waals surface area contributed by atoms with Crippen LogP contribution >= 0.6 is 0 Å². The van der Waals surface area contributed by atoms with Gasteiger partial charge in [-0.25, -0.2) is 9.97 Å². The van der Waals surface area contributed by atoms with E-state index >= 15 is 0 Å². The van der Waals surface area contributed by atoms with Gasteiger partial charge in [-0.3, -0.25) is 14.3 Å². The number of alkyl halides is 2. The van der Waals surface area contributed by atoms with Crippen LogP contribution in [0, 0.1) is 11.3 Å². The number of nitriles is 1. The van der Waals surface area contributed by atoms with Gasteiger partial charge < -0.3 is 15.8 Å². The summed E-state index contributed by atoms with van der Waals surface area (Å²) in [5.41, 5.74) is 7.28. The number of nitrogen functional groups attached to an aromatic ring is 1. The van der Waals surface area contributed by atoms with Gasteiger partial charge in [0, 0.05) is 11.8 Å². The third-order valence-electron chi connectivity index (χ3n) is 5.86. The Bertz CT molecular complexity index is 1770. The number of fused-ring (bicyclic) bond motifs is 1. The molecule has 0 unspecified atom stereocenters. The van der Waals surface area contributed by atoms with Gasteiger partial charge in [-0.15, -0.1) is 0 Å². The van der Waals surface area contributed by atoms with Crippen LogP contribution in [-0.2, 0) is 0 Å². The van der Waals surface area contributed by atoms with Crippen molar-refractivity contribution < 1.29 is 13.5 Å². The molecule has 0 aliphatic carbocycles. The predicted octanol–water partition coefficient (Wildman–Crippen LogP) is 4.47. The van der Waals surface area contributed by atoms with Gasteiger partial charge in [-0.1, -0.05) is 30.3 Å². The molecular formula is C27H20F2N8O2. The highest BCUT2D eigenvalue weighted by atomic mass is 19.3. The molecular weight excluding hydrogens is 506 g/mol. The Balaban J connectivity index is 1.72. The normalized spacial score (nSPS) is 11.8. The Kier molecular flexibility index (Phi) is 6.79. The molecule has 0 radical (unpaired) electrons. The van der Waals surface area contributed by atoms with E-state index in [0.29, 0.717) is 28.2 Å². The van der Waals surface area contributed by atoms with Gasteiger partial charge in [0.25, 0.3) is 5.56 Å². The second-order valence-corrected chi connectivity index (χ2v) is 8.40. The average molecular weight is 527 g/mol. The summed E-state index contributed by atoms with van der Waals surface area (Å²) in [5, 5.41) is 12.9. The van der Waals surface area contributed by atoms with E-state index in [1.807, 2.05) is 12.1 Å². The lowest BCUT2D eigenvalue weighted by Gasteiger charge is -2.21. The van der Waals surface area contributed by atoms with Crippen molar-refractivity contribution in [3.05, 3.63) is 94.9 Å². The van der Waals surface area contributed by atoms with E-state index in [0.717, 1.165) is 0 Å². The first-order valence-corrected chi connectivity index (χ1v) is 11.7. The minimum atomic E-state index is -3.02. The number of ether oxygens (including phenoxy) is 1. The van der Waals surface area contributed by atoms with Crippen LogP contribution in [-0.4, -0.2) is 31.1 Å². The Labute approximate surface area is 220 Å². The Morgan fingerprint density at radius 2 is 1.87 bits per heavy atom. The first-order chi connectivity index (χ1) is 18.9. The third-order valence-corrected chi connectivity index (χ3v) is 5.86. The van der Waals surface area contributed by atoms with Crippen molar-refractivity contribution in [2.75, 3.05) is 11.1 Å². The molecule has 0 spiro atoms. The number of hydrogen-bond acceptors (Lipinski definition) is 9. The van der Waals surface area contributed by atoms with Crippen LogP contribution in [0.5, 0.6) is 5.75 Å². The summed E-state index contributed by atoms with van der Waals surface area (Å²) in [6, 6.07) is 16.8. The van der Waals surface area contributed by atoms with E-state index in [-0.39, 0.29) is 28.5 Å². The van der Waals surface area contributed by atoms with Gasteiger partial charge in [0.15, 0.2) is 0 Å². The van der Waals surface area contributed by atoms with Gasteiger partial charge in [-0.05, 0) is 36.8 Å². The minimum Gasteiger partial charge on any atom is -0.433 e. The monoisotopic (exact) mass is 526 g/mol. The minimum absolute atomic E-state index is 0.0214. The molecule has 0 saturated carbocycles. The number of nitrogens with two attached hydrogens (primary N) is 1. The second-order valence-electron chi connectivity index (χ2n) is 8.40.